The van der Waals surface area contributed by atoms with E-state index in [1.165, 1.54) is 0 Å². The summed E-state index contributed by atoms with van der Waals surface area (Å²) in [6.45, 7) is 0. The minimum atomic E-state index is -1.24. The van der Waals surface area contributed by atoms with Gasteiger partial charge in [-0.1, -0.05) is 6.42 Å². The van der Waals surface area contributed by atoms with Crippen LogP contribution in [-0.2, 0) is 9.59 Å². The molecule has 0 heterocycles. The third-order valence-electron chi connectivity index (χ3n) is 1.77. The maximum absolute atomic E-state index is 10.9. The molecule has 0 aromatic heterocycles. The number of Topliss-reactive ketones (excluding diaryl/α,β-unsaturated/α-hetero) is 1. The summed E-state index contributed by atoms with van der Waals surface area (Å²) in [5.41, 5.74) is 0. The quantitative estimate of drug-likeness (QED) is 0.438. The van der Waals surface area contributed by atoms with Crippen LogP contribution in [-0.4, -0.2) is 16.9 Å². The van der Waals surface area contributed by atoms with E-state index >= 15 is 0 Å². The lowest BCUT2D eigenvalue weighted by Gasteiger charge is -2.20. The molecule has 11 heavy (non-hydrogen) atoms. The van der Waals surface area contributed by atoms with Gasteiger partial charge in [0, 0.05) is 11.8 Å². The van der Waals surface area contributed by atoms with Crippen LogP contribution in [0.3, 0.4) is 0 Å². The molecule has 0 unspecified atom stereocenters. The Bertz CT molecular complexity index is 240. The zero-order valence-corrected chi connectivity index (χ0v) is 5.96. The van der Waals surface area contributed by atoms with E-state index in [1.807, 2.05) is 5.92 Å². The molecule has 58 valence electrons. The van der Waals surface area contributed by atoms with Gasteiger partial charge in [-0.15, -0.1) is 0 Å². The maximum Gasteiger partial charge on any atom is 0.382 e. The number of ketones is 1. The molecule has 1 saturated carbocycles. The van der Waals surface area contributed by atoms with E-state index < -0.39 is 5.97 Å². The van der Waals surface area contributed by atoms with Crippen molar-refractivity contribution in [3.8, 4) is 11.8 Å². The number of carbonyl (C=O) groups excluding carboxylic acids is 1. The first-order valence-electron chi connectivity index (χ1n) is 3.49. The van der Waals surface area contributed by atoms with Crippen molar-refractivity contribution in [2.24, 2.45) is 5.92 Å². The van der Waals surface area contributed by atoms with Gasteiger partial charge in [0.2, 0.25) is 5.78 Å². The summed E-state index contributed by atoms with van der Waals surface area (Å²) in [6.07, 6.45) is 2.80. The predicted octanol–water partition coefficient (Wildman–Crippen LogP) is 0.444. The van der Waals surface area contributed by atoms with Gasteiger partial charge in [0.1, 0.15) is 0 Å². The third kappa shape index (κ3) is 2.08. The van der Waals surface area contributed by atoms with E-state index in [1.54, 1.807) is 0 Å². The third-order valence-corrected chi connectivity index (χ3v) is 1.77. The molecule has 3 heteroatoms. The standard InChI is InChI=1S/C8H8O3/c9-7(4-5-8(10)11)6-2-1-3-6/h6H,1-3H2,(H,10,11). The Morgan fingerprint density at radius 1 is 1.27 bits per heavy atom. The van der Waals surface area contributed by atoms with Crippen molar-refractivity contribution >= 4 is 11.8 Å². The average Bonchev–Trinajstić information content (AvgIpc) is 1.79. The maximum atomic E-state index is 10.9. The fourth-order valence-corrected chi connectivity index (χ4v) is 0.888. The molecule has 3 nitrogen and oxygen atoms in total. The van der Waals surface area contributed by atoms with Crippen LogP contribution in [0.1, 0.15) is 19.3 Å². The van der Waals surface area contributed by atoms with E-state index in [-0.39, 0.29) is 11.7 Å². The Balaban J connectivity index is 2.43. The predicted molar refractivity (Wildman–Crippen MR) is 37.8 cm³/mol. The van der Waals surface area contributed by atoms with Gasteiger partial charge in [-0.25, -0.2) is 4.79 Å². The van der Waals surface area contributed by atoms with E-state index in [0.717, 1.165) is 19.3 Å². The fourth-order valence-electron chi connectivity index (χ4n) is 0.888. The molecular weight excluding hydrogens is 144 g/mol. The molecule has 0 aromatic rings. The molecule has 0 aromatic carbocycles. The lowest BCUT2D eigenvalue weighted by molar-refractivity contribution is -0.130. The second-order valence-electron chi connectivity index (χ2n) is 2.55. The minimum absolute atomic E-state index is 0.0156. The molecule has 1 fully saturated rings. The number of carboxylic acids is 1. The van der Waals surface area contributed by atoms with Crippen LogP contribution in [0.5, 0.6) is 0 Å². The summed E-state index contributed by atoms with van der Waals surface area (Å²) in [4.78, 5) is 20.8. The highest BCUT2D eigenvalue weighted by Gasteiger charge is 2.23. The number of hydrogen-bond donors (Lipinski definition) is 1. The molecular formula is C8H8O3. The van der Waals surface area contributed by atoms with Crippen molar-refractivity contribution < 1.29 is 14.7 Å². The first kappa shape index (κ1) is 7.80. The SMILES string of the molecule is O=C(O)C#CC(=O)C1CCC1. The van der Waals surface area contributed by atoms with Crippen molar-refractivity contribution in [1.29, 1.82) is 0 Å². The molecule has 0 amide bonds. The van der Waals surface area contributed by atoms with Crippen LogP contribution < -0.4 is 0 Å². The summed E-state index contributed by atoms with van der Waals surface area (Å²) >= 11 is 0. The lowest BCUT2D eigenvalue weighted by atomic mass is 9.82. The second kappa shape index (κ2) is 3.20. The summed E-state index contributed by atoms with van der Waals surface area (Å²) in [6, 6.07) is 0. The van der Waals surface area contributed by atoms with Gasteiger partial charge in [0.15, 0.2) is 0 Å². The van der Waals surface area contributed by atoms with E-state index in [2.05, 4.69) is 5.92 Å². The van der Waals surface area contributed by atoms with Crippen LogP contribution in [0.2, 0.25) is 0 Å². The van der Waals surface area contributed by atoms with Crippen molar-refractivity contribution in [2.75, 3.05) is 0 Å². The summed E-state index contributed by atoms with van der Waals surface area (Å²) in [7, 11) is 0. The van der Waals surface area contributed by atoms with Crippen LogP contribution in [0.4, 0.5) is 0 Å². The van der Waals surface area contributed by atoms with Gasteiger partial charge in [-0.05, 0) is 18.8 Å². The van der Waals surface area contributed by atoms with Gasteiger partial charge in [-0.3, -0.25) is 4.79 Å². The normalized spacial score (nSPS) is 16.0. The van der Waals surface area contributed by atoms with Gasteiger partial charge in [0.05, 0.1) is 0 Å². The Labute approximate surface area is 64.4 Å². The van der Waals surface area contributed by atoms with E-state index in [9.17, 15) is 9.59 Å². The molecule has 1 aliphatic rings. The highest BCUT2D eigenvalue weighted by atomic mass is 16.4. The van der Waals surface area contributed by atoms with E-state index in [0.29, 0.717) is 0 Å². The highest BCUT2D eigenvalue weighted by Crippen LogP contribution is 2.26. The summed E-state index contributed by atoms with van der Waals surface area (Å²) in [5.74, 6) is 2.46. The zero-order chi connectivity index (χ0) is 8.27. The van der Waals surface area contributed by atoms with Crippen LogP contribution in [0.25, 0.3) is 0 Å². The Kier molecular flexibility index (Phi) is 2.27. The van der Waals surface area contributed by atoms with Crippen LogP contribution in [0, 0.1) is 17.8 Å². The first-order valence-corrected chi connectivity index (χ1v) is 3.49. The van der Waals surface area contributed by atoms with Gasteiger partial charge in [0.25, 0.3) is 0 Å². The Hall–Kier alpha value is -1.30. The number of aliphatic carboxylic acids is 1. The second-order valence-corrected chi connectivity index (χ2v) is 2.55. The van der Waals surface area contributed by atoms with Crippen molar-refractivity contribution in [2.45, 2.75) is 19.3 Å². The average molecular weight is 152 g/mol. The largest absolute Gasteiger partial charge is 0.472 e. The molecule has 1 aliphatic carbocycles. The molecule has 0 spiro atoms. The number of hydrogen-bond acceptors (Lipinski definition) is 2. The molecule has 1 rings (SSSR count). The van der Waals surface area contributed by atoms with Crippen molar-refractivity contribution in [1.82, 2.24) is 0 Å². The number of rotatable bonds is 1. The molecule has 0 aliphatic heterocycles. The van der Waals surface area contributed by atoms with E-state index in [4.69, 9.17) is 5.11 Å². The Morgan fingerprint density at radius 2 is 1.91 bits per heavy atom. The molecule has 0 saturated heterocycles. The minimum Gasteiger partial charge on any atom is -0.472 e. The van der Waals surface area contributed by atoms with Gasteiger partial charge >= 0.3 is 5.97 Å². The topological polar surface area (TPSA) is 54.4 Å². The summed E-state index contributed by atoms with van der Waals surface area (Å²) < 4.78 is 0. The molecule has 0 radical (unpaired) electrons. The van der Waals surface area contributed by atoms with Gasteiger partial charge in [-0.2, -0.15) is 0 Å². The smallest absolute Gasteiger partial charge is 0.382 e. The molecule has 0 bridgehead atoms. The number of carboxylic acid groups (broad SMARTS) is 1. The van der Waals surface area contributed by atoms with Crippen LogP contribution >= 0.6 is 0 Å². The zero-order valence-electron chi connectivity index (χ0n) is 5.96. The van der Waals surface area contributed by atoms with Gasteiger partial charge < -0.3 is 5.11 Å². The van der Waals surface area contributed by atoms with Crippen LogP contribution in [0.15, 0.2) is 0 Å². The monoisotopic (exact) mass is 152 g/mol. The number of carbonyl (C=O) groups is 2. The highest BCUT2D eigenvalue weighted by molar-refractivity contribution is 6.02. The molecule has 1 N–H and O–H groups in total. The van der Waals surface area contributed by atoms with Crippen molar-refractivity contribution in [3.05, 3.63) is 0 Å². The molecule has 0 atom stereocenters. The lowest BCUT2D eigenvalue weighted by Crippen LogP contribution is -2.20. The Morgan fingerprint density at radius 3 is 2.27 bits per heavy atom. The first-order chi connectivity index (χ1) is 5.20. The fraction of sp³-hybridized carbons (Fsp3) is 0.500. The van der Waals surface area contributed by atoms with Crippen molar-refractivity contribution in [3.63, 3.8) is 0 Å². The summed E-state index contributed by atoms with van der Waals surface area (Å²) in [5, 5.41) is 8.11.